The van der Waals surface area contributed by atoms with Gasteiger partial charge in [0.05, 0.1) is 32.0 Å². The second kappa shape index (κ2) is 7.32. The van der Waals surface area contributed by atoms with Gasteiger partial charge in [0.25, 0.3) is 0 Å². The number of benzene rings is 2. The first-order chi connectivity index (χ1) is 12.0. The summed E-state index contributed by atoms with van der Waals surface area (Å²) in [6.45, 7) is 2.28. The predicted octanol–water partition coefficient (Wildman–Crippen LogP) is 4.73. The molecule has 2 aromatic rings. The van der Waals surface area contributed by atoms with E-state index in [1.54, 1.807) is 28.4 Å². The highest BCUT2D eigenvalue weighted by Gasteiger charge is 2.26. The van der Waals surface area contributed by atoms with Crippen molar-refractivity contribution in [3.63, 3.8) is 0 Å². The largest absolute Gasteiger partial charge is 0.493 e. The fourth-order valence-corrected chi connectivity index (χ4v) is 4.72. The zero-order valence-electron chi connectivity index (χ0n) is 15.2. The van der Waals surface area contributed by atoms with Crippen molar-refractivity contribution in [1.29, 1.82) is 0 Å². The molecule has 0 fully saturated rings. The number of fused-ring (bicyclic) bond motifs is 3. The van der Waals surface area contributed by atoms with Gasteiger partial charge in [0.15, 0.2) is 23.0 Å². The molecule has 1 atom stereocenters. The van der Waals surface area contributed by atoms with Gasteiger partial charge in [0, 0.05) is 5.56 Å². The molecule has 134 valence electrons. The van der Waals surface area contributed by atoms with Crippen molar-refractivity contribution in [2.75, 3.05) is 28.4 Å². The molecule has 0 aromatic heterocycles. The van der Waals surface area contributed by atoms with Gasteiger partial charge in [-0.15, -0.1) is 0 Å². The fourth-order valence-electron chi connectivity index (χ4n) is 3.60. The maximum atomic E-state index is 5.63. The lowest BCUT2D eigenvalue weighted by molar-refractivity contribution is 0.352. The maximum Gasteiger partial charge on any atom is 0.174 e. The number of hydrogen-bond donors (Lipinski definition) is 0. The second-order valence-electron chi connectivity index (χ2n) is 6.34. The van der Waals surface area contributed by atoms with E-state index < -0.39 is 0 Å². The van der Waals surface area contributed by atoms with E-state index in [0.717, 1.165) is 39.4 Å². The van der Waals surface area contributed by atoms with Crippen LogP contribution in [0, 0.1) is 9.49 Å². The van der Waals surface area contributed by atoms with E-state index in [1.165, 1.54) is 22.3 Å². The third-order valence-electron chi connectivity index (χ3n) is 4.71. The van der Waals surface area contributed by atoms with Crippen LogP contribution in [0.3, 0.4) is 0 Å². The van der Waals surface area contributed by atoms with E-state index in [9.17, 15) is 0 Å². The summed E-state index contributed by atoms with van der Waals surface area (Å²) in [6.07, 6.45) is 1.98. The first-order valence-corrected chi connectivity index (χ1v) is 9.30. The van der Waals surface area contributed by atoms with Gasteiger partial charge in [-0.05, 0) is 76.2 Å². The van der Waals surface area contributed by atoms with Crippen LogP contribution in [-0.2, 0) is 12.8 Å². The summed E-state index contributed by atoms with van der Waals surface area (Å²) in [4.78, 5) is 0. The highest BCUT2D eigenvalue weighted by atomic mass is 127. The third kappa shape index (κ3) is 3.14. The van der Waals surface area contributed by atoms with Crippen LogP contribution in [0.15, 0.2) is 18.2 Å². The van der Waals surface area contributed by atoms with Crippen LogP contribution in [0.4, 0.5) is 0 Å². The third-order valence-corrected chi connectivity index (χ3v) is 5.74. The Morgan fingerprint density at radius 3 is 1.96 bits per heavy atom. The Labute approximate surface area is 162 Å². The standard InChI is InChI=1S/C20H23IO4/c1-11-6-12-8-15(22-2)16(23-3)10-14(12)18-13(7-11)9-17(24-4)20(25-5)19(18)21/h8-11H,6-7H2,1-5H3. The van der Waals surface area contributed by atoms with Crippen LogP contribution in [-0.4, -0.2) is 28.4 Å². The fraction of sp³-hybridized carbons (Fsp3) is 0.400. The van der Waals surface area contributed by atoms with Crippen molar-refractivity contribution in [1.82, 2.24) is 0 Å². The lowest BCUT2D eigenvalue weighted by Gasteiger charge is -2.19. The molecule has 0 heterocycles. The number of hydrogen-bond acceptors (Lipinski definition) is 4. The molecule has 0 spiro atoms. The van der Waals surface area contributed by atoms with Crippen molar-refractivity contribution in [3.05, 3.63) is 32.9 Å². The van der Waals surface area contributed by atoms with Gasteiger partial charge in [-0.3, -0.25) is 0 Å². The summed E-state index contributed by atoms with van der Waals surface area (Å²) in [7, 11) is 6.71. The summed E-state index contributed by atoms with van der Waals surface area (Å²) >= 11 is 2.36. The van der Waals surface area contributed by atoms with Crippen LogP contribution < -0.4 is 18.9 Å². The molecule has 1 aliphatic rings. The van der Waals surface area contributed by atoms with Crippen LogP contribution in [0.2, 0.25) is 0 Å². The first kappa shape index (κ1) is 18.2. The molecule has 0 saturated heterocycles. The molecule has 2 aromatic carbocycles. The molecular weight excluding hydrogens is 431 g/mol. The molecule has 3 rings (SSSR count). The number of ether oxygens (including phenoxy) is 4. The molecule has 0 N–H and O–H groups in total. The SMILES string of the molecule is COc1cc2c(cc1OC)-c1c(cc(OC)c(OC)c1I)CC(C)C2. The van der Waals surface area contributed by atoms with Gasteiger partial charge in [-0.2, -0.15) is 0 Å². The van der Waals surface area contributed by atoms with Crippen LogP contribution in [0.5, 0.6) is 23.0 Å². The Morgan fingerprint density at radius 1 is 0.800 bits per heavy atom. The van der Waals surface area contributed by atoms with Crippen molar-refractivity contribution < 1.29 is 18.9 Å². The Bertz CT molecular complexity index is 801. The topological polar surface area (TPSA) is 36.9 Å². The van der Waals surface area contributed by atoms with Crippen molar-refractivity contribution in [3.8, 4) is 34.1 Å². The van der Waals surface area contributed by atoms with Gasteiger partial charge in [0.2, 0.25) is 0 Å². The molecular formula is C20H23IO4. The van der Waals surface area contributed by atoms with Crippen molar-refractivity contribution in [2.24, 2.45) is 5.92 Å². The zero-order valence-corrected chi connectivity index (χ0v) is 17.4. The Kier molecular flexibility index (Phi) is 5.32. The molecule has 25 heavy (non-hydrogen) atoms. The van der Waals surface area contributed by atoms with Crippen LogP contribution in [0.25, 0.3) is 11.1 Å². The molecule has 0 bridgehead atoms. The molecule has 0 saturated carbocycles. The Balaban J connectivity index is 2.34. The highest BCUT2D eigenvalue weighted by Crippen LogP contribution is 2.47. The van der Waals surface area contributed by atoms with Gasteiger partial charge < -0.3 is 18.9 Å². The summed E-state index contributed by atoms with van der Waals surface area (Å²) in [5, 5.41) is 0. The van der Waals surface area contributed by atoms with Crippen LogP contribution in [0.1, 0.15) is 18.1 Å². The summed E-state index contributed by atoms with van der Waals surface area (Å²) in [5.41, 5.74) is 4.94. The lowest BCUT2D eigenvalue weighted by Crippen LogP contribution is -2.03. The van der Waals surface area contributed by atoms with E-state index in [2.05, 4.69) is 47.7 Å². The average molecular weight is 454 g/mol. The normalized spacial score (nSPS) is 15.7. The monoisotopic (exact) mass is 454 g/mol. The first-order valence-electron chi connectivity index (χ1n) is 8.22. The van der Waals surface area contributed by atoms with E-state index in [4.69, 9.17) is 18.9 Å². The molecule has 4 nitrogen and oxygen atoms in total. The van der Waals surface area contributed by atoms with Crippen molar-refractivity contribution in [2.45, 2.75) is 19.8 Å². The minimum absolute atomic E-state index is 0.520. The Morgan fingerprint density at radius 2 is 1.36 bits per heavy atom. The quantitative estimate of drug-likeness (QED) is 0.627. The van der Waals surface area contributed by atoms with E-state index in [-0.39, 0.29) is 0 Å². The lowest BCUT2D eigenvalue weighted by atomic mass is 9.95. The van der Waals surface area contributed by atoms with Gasteiger partial charge in [-0.1, -0.05) is 6.92 Å². The van der Waals surface area contributed by atoms with Gasteiger partial charge in [0.1, 0.15) is 0 Å². The van der Waals surface area contributed by atoms with Crippen molar-refractivity contribution >= 4 is 22.6 Å². The van der Waals surface area contributed by atoms with E-state index >= 15 is 0 Å². The molecule has 0 radical (unpaired) electrons. The minimum atomic E-state index is 0.520. The zero-order chi connectivity index (χ0) is 18.1. The van der Waals surface area contributed by atoms with E-state index in [1.807, 2.05) is 0 Å². The predicted molar refractivity (Wildman–Crippen MR) is 107 cm³/mol. The Hall–Kier alpha value is -1.63. The molecule has 0 aliphatic heterocycles. The van der Waals surface area contributed by atoms with Gasteiger partial charge in [-0.25, -0.2) is 0 Å². The molecule has 1 aliphatic carbocycles. The summed E-state index contributed by atoms with van der Waals surface area (Å²) in [6, 6.07) is 6.30. The number of methoxy groups -OCH3 is 4. The molecule has 0 amide bonds. The second-order valence-corrected chi connectivity index (χ2v) is 7.42. The summed E-state index contributed by atoms with van der Waals surface area (Å²) < 4.78 is 23.3. The summed E-state index contributed by atoms with van der Waals surface area (Å²) in [5.74, 6) is 3.59. The molecule has 1 unspecified atom stereocenters. The maximum absolute atomic E-state index is 5.63. The number of rotatable bonds is 4. The van der Waals surface area contributed by atoms with E-state index in [0.29, 0.717) is 5.92 Å². The highest BCUT2D eigenvalue weighted by molar-refractivity contribution is 14.1. The van der Waals surface area contributed by atoms with Gasteiger partial charge >= 0.3 is 0 Å². The van der Waals surface area contributed by atoms with Crippen LogP contribution >= 0.6 is 22.6 Å². The molecule has 5 heteroatoms. The number of halogens is 1. The smallest absolute Gasteiger partial charge is 0.174 e. The minimum Gasteiger partial charge on any atom is -0.493 e. The average Bonchev–Trinajstić information content (AvgIpc) is 2.74.